The molecule has 10 heteroatoms. The third-order valence-electron chi connectivity index (χ3n) is 6.01. The molecule has 5 rings (SSSR count). The second-order valence-electron chi connectivity index (χ2n) is 8.10. The molecular formula is C23H20N2O6S2. The molecule has 1 spiro atoms. The zero-order valence-electron chi connectivity index (χ0n) is 17.3. The van der Waals surface area contributed by atoms with E-state index >= 15 is 0 Å². The summed E-state index contributed by atoms with van der Waals surface area (Å²) in [6.45, 7) is 0.108. The third kappa shape index (κ3) is 3.71. The van der Waals surface area contributed by atoms with Crippen molar-refractivity contribution >= 4 is 47.3 Å². The number of hydrogen-bond acceptors (Lipinski definition) is 8. The van der Waals surface area contributed by atoms with Crippen molar-refractivity contribution in [1.82, 2.24) is 10.2 Å². The van der Waals surface area contributed by atoms with Crippen LogP contribution in [0.2, 0.25) is 0 Å². The SMILES string of the molecule is O=C(O)C(C1NC(C(=O)OCc2ccccc2)C2(CSC2)S1)N1C(=O)c2ccccc2C1=O. The van der Waals surface area contributed by atoms with Crippen molar-refractivity contribution in [2.45, 2.75) is 28.8 Å². The third-order valence-corrected chi connectivity index (χ3v) is 9.46. The van der Waals surface area contributed by atoms with Crippen molar-refractivity contribution in [2.75, 3.05) is 11.5 Å². The zero-order chi connectivity index (χ0) is 23.2. The van der Waals surface area contributed by atoms with Crippen molar-refractivity contribution < 1.29 is 29.0 Å². The first-order valence-electron chi connectivity index (χ1n) is 10.3. The van der Waals surface area contributed by atoms with Crippen molar-refractivity contribution in [3.05, 3.63) is 71.3 Å². The van der Waals surface area contributed by atoms with E-state index in [1.807, 2.05) is 30.3 Å². The van der Waals surface area contributed by atoms with Gasteiger partial charge in [-0.2, -0.15) is 11.8 Å². The summed E-state index contributed by atoms with van der Waals surface area (Å²) in [4.78, 5) is 52.0. The highest BCUT2D eigenvalue weighted by molar-refractivity contribution is 8.08. The molecule has 2 aromatic rings. The first-order chi connectivity index (χ1) is 15.9. The van der Waals surface area contributed by atoms with E-state index in [1.165, 1.54) is 23.9 Å². The van der Waals surface area contributed by atoms with Crippen LogP contribution in [0.15, 0.2) is 54.6 Å². The maximum Gasteiger partial charge on any atom is 0.329 e. The molecule has 2 N–H and O–H groups in total. The van der Waals surface area contributed by atoms with Crippen LogP contribution < -0.4 is 5.32 Å². The number of ether oxygens (including phenoxy) is 1. The van der Waals surface area contributed by atoms with Gasteiger partial charge in [0.05, 0.1) is 21.2 Å². The molecule has 2 aromatic carbocycles. The molecule has 3 aliphatic heterocycles. The number of benzene rings is 2. The fraction of sp³-hybridized carbons (Fsp3) is 0.304. The van der Waals surface area contributed by atoms with E-state index < -0.39 is 46.0 Å². The molecule has 0 bridgehead atoms. The molecule has 0 radical (unpaired) electrons. The van der Waals surface area contributed by atoms with Gasteiger partial charge in [-0.05, 0) is 17.7 Å². The van der Waals surface area contributed by atoms with Crippen LogP contribution in [-0.4, -0.2) is 67.5 Å². The second-order valence-corrected chi connectivity index (χ2v) is 10.6. The van der Waals surface area contributed by atoms with Crippen molar-refractivity contribution in [1.29, 1.82) is 0 Å². The minimum Gasteiger partial charge on any atom is -0.480 e. The highest BCUT2D eigenvalue weighted by Crippen LogP contribution is 2.51. The fourth-order valence-corrected chi connectivity index (χ4v) is 7.66. The van der Waals surface area contributed by atoms with Crippen molar-refractivity contribution in [3.8, 4) is 0 Å². The summed E-state index contributed by atoms with van der Waals surface area (Å²) in [7, 11) is 0. The van der Waals surface area contributed by atoms with E-state index in [0.29, 0.717) is 11.5 Å². The number of rotatable bonds is 6. The Balaban J connectivity index is 1.37. The number of hydrogen-bond donors (Lipinski definition) is 2. The first kappa shape index (κ1) is 22.0. The Morgan fingerprint density at radius 3 is 2.21 bits per heavy atom. The van der Waals surface area contributed by atoms with E-state index in [2.05, 4.69) is 5.32 Å². The molecule has 0 saturated carbocycles. The first-order valence-corrected chi connectivity index (χ1v) is 12.4. The van der Waals surface area contributed by atoms with E-state index in [1.54, 1.807) is 23.9 Å². The Morgan fingerprint density at radius 1 is 1.06 bits per heavy atom. The van der Waals surface area contributed by atoms with Crippen LogP contribution >= 0.6 is 23.5 Å². The summed E-state index contributed by atoms with van der Waals surface area (Å²) in [6, 6.07) is 13.4. The number of carboxylic acid groups (broad SMARTS) is 1. The van der Waals surface area contributed by atoms with Crippen LogP contribution in [0.3, 0.4) is 0 Å². The van der Waals surface area contributed by atoms with Gasteiger partial charge in [0.25, 0.3) is 11.8 Å². The van der Waals surface area contributed by atoms with Gasteiger partial charge < -0.3 is 9.84 Å². The van der Waals surface area contributed by atoms with E-state index in [-0.39, 0.29) is 17.7 Å². The summed E-state index contributed by atoms with van der Waals surface area (Å²) in [5.74, 6) is -1.78. The van der Waals surface area contributed by atoms with Crippen LogP contribution in [0, 0.1) is 0 Å². The summed E-state index contributed by atoms with van der Waals surface area (Å²) in [5, 5.41) is 12.3. The number of nitrogens with one attached hydrogen (secondary N) is 1. The number of carbonyl (C=O) groups is 4. The number of nitrogens with zero attached hydrogens (tertiary/aromatic N) is 1. The average Bonchev–Trinajstić information content (AvgIpc) is 3.31. The molecule has 33 heavy (non-hydrogen) atoms. The van der Waals surface area contributed by atoms with Crippen LogP contribution in [0.1, 0.15) is 26.3 Å². The smallest absolute Gasteiger partial charge is 0.329 e. The van der Waals surface area contributed by atoms with Gasteiger partial charge >= 0.3 is 11.9 Å². The molecule has 170 valence electrons. The number of esters is 1. The fourth-order valence-electron chi connectivity index (χ4n) is 4.30. The van der Waals surface area contributed by atoms with Gasteiger partial charge in [0.15, 0.2) is 6.04 Å². The van der Waals surface area contributed by atoms with E-state index in [0.717, 1.165) is 10.5 Å². The summed E-state index contributed by atoms with van der Waals surface area (Å²) < 4.78 is 4.99. The Labute approximate surface area is 198 Å². The molecular weight excluding hydrogens is 464 g/mol. The predicted octanol–water partition coefficient (Wildman–Crippen LogP) is 2.00. The van der Waals surface area contributed by atoms with Crippen LogP contribution in [0.4, 0.5) is 0 Å². The van der Waals surface area contributed by atoms with Gasteiger partial charge in [0.2, 0.25) is 0 Å². The number of imide groups is 1. The summed E-state index contributed by atoms with van der Waals surface area (Å²) >= 11 is 2.95. The molecule has 3 unspecified atom stereocenters. The molecule has 3 heterocycles. The zero-order valence-corrected chi connectivity index (χ0v) is 18.9. The highest BCUT2D eigenvalue weighted by atomic mass is 32.2. The highest BCUT2D eigenvalue weighted by Gasteiger charge is 2.60. The Hall–Kier alpha value is -2.82. The summed E-state index contributed by atoms with van der Waals surface area (Å²) in [6.07, 6.45) is 0. The molecule has 8 nitrogen and oxygen atoms in total. The standard InChI is InChI=1S/C23H20N2O6S2/c26-19-14-8-4-5-9-15(14)20(27)25(19)16(21(28)29)18-24-17(23(33-18)11-32-12-23)22(30)31-10-13-6-2-1-3-7-13/h1-9,16-18,24H,10-12H2,(H,28,29). The number of carbonyl (C=O) groups excluding carboxylic acids is 3. The van der Waals surface area contributed by atoms with Gasteiger partial charge in [0, 0.05) is 11.5 Å². The van der Waals surface area contributed by atoms with Gasteiger partial charge in [-0.3, -0.25) is 24.6 Å². The number of thioether (sulfide) groups is 2. The Bertz CT molecular complexity index is 1100. The monoisotopic (exact) mass is 484 g/mol. The Morgan fingerprint density at radius 2 is 1.67 bits per heavy atom. The maximum absolute atomic E-state index is 13.0. The molecule has 2 saturated heterocycles. The van der Waals surface area contributed by atoms with Crippen LogP contribution in [0.5, 0.6) is 0 Å². The number of aliphatic carboxylic acids is 1. The maximum atomic E-state index is 13.0. The van der Waals surface area contributed by atoms with Gasteiger partial charge in [-0.15, -0.1) is 11.8 Å². The lowest BCUT2D eigenvalue weighted by atomic mass is 10.0. The van der Waals surface area contributed by atoms with E-state index in [9.17, 15) is 24.3 Å². The largest absolute Gasteiger partial charge is 0.480 e. The molecule has 0 aromatic heterocycles. The van der Waals surface area contributed by atoms with E-state index in [4.69, 9.17) is 4.74 Å². The van der Waals surface area contributed by atoms with Gasteiger partial charge in [0.1, 0.15) is 12.6 Å². The van der Waals surface area contributed by atoms with Crippen molar-refractivity contribution in [2.24, 2.45) is 0 Å². The summed E-state index contributed by atoms with van der Waals surface area (Å²) in [5.41, 5.74) is 1.22. The van der Waals surface area contributed by atoms with Crippen LogP contribution in [0.25, 0.3) is 0 Å². The molecule has 3 atom stereocenters. The minimum absolute atomic E-state index is 0.108. The quantitative estimate of drug-likeness (QED) is 0.469. The Kier molecular flexibility index (Phi) is 5.67. The number of amides is 2. The number of carboxylic acids is 1. The second kappa shape index (κ2) is 8.51. The molecule has 2 amide bonds. The number of fused-ring (bicyclic) bond motifs is 1. The average molecular weight is 485 g/mol. The molecule has 3 aliphatic rings. The predicted molar refractivity (Wildman–Crippen MR) is 123 cm³/mol. The lowest BCUT2D eigenvalue weighted by Gasteiger charge is -2.40. The molecule has 0 aliphatic carbocycles. The lowest BCUT2D eigenvalue weighted by molar-refractivity contribution is -0.149. The lowest BCUT2D eigenvalue weighted by Crippen LogP contribution is -2.58. The van der Waals surface area contributed by atoms with Crippen molar-refractivity contribution in [3.63, 3.8) is 0 Å². The van der Waals surface area contributed by atoms with Crippen LogP contribution in [-0.2, 0) is 20.9 Å². The molecule has 2 fully saturated rings. The minimum atomic E-state index is -1.46. The topological polar surface area (TPSA) is 113 Å². The normalized spacial score (nSPS) is 23.8. The van der Waals surface area contributed by atoms with Gasteiger partial charge in [-0.1, -0.05) is 42.5 Å². The van der Waals surface area contributed by atoms with Gasteiger partial charge in [-0.25, -0.2) is 4.79 Å².